The second kappa shape index (κ2) is 6.37. The predicted octanol–water partition coefficient (Wildman–Crippen LogP) is 4.10. The zero-order valence-electron chi connectivity index (χ0n) is 10.4. The van der Waals surface area contributed by atoms with Gasteiger partial charge in [0.2, 0.25) is 0 Å². The van der Waals surface area contributed by atoms with Gasteiger partial charge in [-0.1, -0.05) is 11.6 Å². The van der Waals surface area contributed by atoms with E-state index in [-0.39, 0.29) is 6.04 Å². The summed E-state index contributed by atoms with van der Waals surface area (Å²) in [6, 6.07) is 9.16. The van der Waals surface area contributed by atoms with Crippen LogP contribution in [0.15, 0.2) is 41.0 Å². The summed E-state index contributed by atoms with van der Waals surface area (Å²) in [6.45, 7) is 2.30. The van der Waals surface area contributed by atoms with Gasteiger partial charge >= 0.3 is 0 Å². The van der Waals surface area contributed by atoms with E-state index in [1.807, 2.05) is 31.2 Å². The smallest absolute Gasteiger partial charge is 0.130 e. The van der Waals surface area contributed by atoms with E-state index in [0.717, 1.165) is 21.5 Å². The standard InChI is InChI=1S/C14H14BrClN2O/c1-9(17)13-6-11(16)3-5-14(13)19-8-12-4-2-10(15)7-18-12/h2-7,9H,8,17H2,1H3/t9-/m1/s1. The topological polar surface area (TPSA) is 48.1 Å². The zero-order valence-corrected chi connectivity index (χ0v) is 12.8. The minimum absolute atomic E-state index is 0.133. The van der Waals surface area contributed by atoms with Gasteiger partial charge in [0.25, 0.3) is 0 Å². The molecule has 1 heterocycles. The van der Waals surface area contributed by atoms with Gasteiger partial charge in [0, 0.05) is 27.3 Å². The van der Waals surface area contributed by atoms with Gasteiger partial charge in [-0.05, 0) is 53.2 Å². The van der Waals surface area contributed by atoms with E-state index in [0.29, 0.717) is 11.6 Å². The number of aromatic nitrogens is 1. The Balaban J connectivity index is 2.13. The average molecular weight is 342 g/mol. The third-order valence-electron chi connectivity index (χ3n) is 2.63. The van der Waals surface area contributed by atoms with Crippen LogP contribution in [0.1, 0.15) is 24.2 Å². The first kappa shape index (κ1) is 14.3. The summed E-state index contributed by atoms with van der Waals surface area (Å²) in [5, 5.41) is 0.654. The lowest BCUT2D eigenvalue weighted by Crippen LogP contribution is -2.08. The number of benzene rings is 1. The lowest BCUT2D eigenvalue weighted by atomic mass is 10.1. The third kappa shape index (κ3) is 3.93. The van der Waals surface area contributed by atoms with E-state index < -0.39 is 0 Å². The Labute approximate surface area is 125 Å². The molecule has 0 saturated carbocycles. The molecule has 0 unspecified atom stereocenters. The maximum atomic E-state index is 5.97. The fourth-order valence-electron chi connectivity index (χ4n) is 1.65. The molecule has 0 fully saturated rings. The Morgan fingerprint density at radius 3 is 2.79 bits per heavy atom. The summed E-state index contributed by atoms with van der Waals surface area (Å²) in [4.78, 5) is 4.26. The Kier molecular flexibility index (Phi) is 4.80. The van der Waals surface area contributed by atoms with Crippen molar-refractivity contribution in [3.63, 3.8) is 0 Å². The van der Waals surface area contributed by atoms with Crippen LogP contribution in [0.5, 0.6) is 5.75 Å². The van der Waals surface area contributed by atoms with E-state index in [1.54, 1.807) is 12.3 Å². The molecule has 0 radical (unpaired) electrons. The molecule has 5 heteroatoms. The molecule has 0 spiro atoms. The molecule has 2 rings (SSSR count). The molecular formula is C14H14BrClN2O. The Morgan fingerprint density at radius 2 is 2.16 bits per heavy atom. The number of ether oxygens (including phenoxy) is 1. The maximum Gasteiger partial charge on any atom is 0.130 e. The molecular weight excluding hydrogens is 328 g/mol. The molecule has 1 atom stereocenters. The number of rotatable bonds is 4. The molecule has 0 amide bonds. The zero-order chi connectivity index (χ0) is 13.8. The number of pyridine rings is 1. The molecule has 19 heavy (non-hydrogen) atoms. The van der Waals surface area contributed by atoms with Gasteiger partial charge in [0.05, 0.1) is 5.69 Å². The van der Waals surface area contributed by atoms with Crippen molar-refractivity contribution in [1.82, 2.24) is 4.98 Å². The van der Waals surface area contributed by atoms with Crippen molar-refractivity contribution in [2.24, 2.45) is 5.73 Å². The molecule has 0 saturated heterocycles. The molecule has 0 bridgehead atoms. The van der Waals surface area contributed by atoms with Crippen LogP contribution in [0.25, 0.3) is 0 Å². The summed E-state index contributed by atoms with van der Waals surface area (Å²) in [5.41, 5.74) is 7.66. The molecule has 0 aliphatic carbocycles. The Hall–Kier alpha value is -1.10. The third-order valence-corrected chi connectivity index (χ3v) is 3.33. The van der Waals surface area contributed by atoms with E-state index >= 15 is 0 Å². The molecule has 2 aromatic rings. The molecule has 1 aromatic heterocycles. The quantitative estimate of drug-likeness (QED) is 0.911. The number of halogens is 2. The highest BCUT2D eigenvalue weighted by atomic mass is 79.9. The average Bonchev–Trinajstić information content (AvgIpc) is 2.39. The second-order valence-corrected chi connectivity index (χ2v) is 5.58. The highest BCUT2D eigenvalue weighted by molar-refractivity contribution is 9.10. The first-order valence-electron chi connectivity index (χ1n) is 5.84. The van der Waals surface area contributed by atoms with Crippen molar-refractivity contribution >= 4 is 27.5 Å². The second-order valence-electron chi connectivity index (χ2n) is 4.23. The number of nitrogens with two attached hydrogens (primary N) is 1. The lowest BCUT2D eigenvalue weighted by molar-refractivity contribution is 0.296. The van der Waals surface area contributed by atoms with E-state index in [4.69, 9.17) is 22.1 Å². The van der Waals surface area contributed by atoms with Crippen LogP contribution in [0, 0.1) is 0 Å². The van der Waals surface area contributed by atoms with Crippen LogP contribution in [-0.2, 0) is 6.61 Å². The Bertz CT molecular complexity index is 558. The molecule has 1 aromatic carbocycles. The normalized spacial score (nSPS) is 12.2. The van der Waals surface area contributed by atoms with Crippen molar-refractivity contribution in [1.29, 1.82) is 0 Å². The van der Waals surface area contributed by atoms with Crippen LogP contribution >= 0.6 is 27.5 Å². The number of nitrogens with zero attached hydrogens (tertiary/aromatic N) is 1. The molecule has 0 aliphatic heterocycles. The van der Waals surface area contributed by atoms with Gasteiger partial charge < -0.3 is 10.5 Å². The first-order valence-corrected chi connectivity index (χ1v) is 7.01. The van der Waals surface area contributed by atoms with Gasteiger partial charge in [0.15, 0.2) is 0 Å². The highest BCUT2D eigenvalue weighted by Gasteiger charge is 2.09. The Morgan fingerprint density at radius 1 is 1.37 bits per heavy atom. The summed E-state index contributed by atoms with van der Waals surface area (Å²) in [5.74, 6) is 0.740. The van der Waals surface area contributed by atoms with Crippen LogP contribution in [-0.4, -0.2) is 4.98 Å². The predicted molar refractivity (Wildman–Crippen MR) is 80.3 cm³/mol. The van der Waals surface area contributed by atoms with Crippen molar-refractivity contribution in [3.8, 4) is 5.75 Å². The number of hydrogen-bond acceptors (Lipinski definition) is 3. The molecule has 0 aliphatic rings. The van der Waals surface area contributed by atoms with Gasteiger partial charge in [-0.15, -0.1) is 0 Å². The monoisotopic (exact) mass is 340 g/mol. The van der Waals surface area contributed by atoms with Crippen LogP contribution in [0.2, 0.25) is 5.02 Å². The summed E-state index contributed by atoms with van der Waals surface area (Å²) >= 11 is 9.31. The van der Waals surface area contributed by atoms with E-state index in [2.05, 4.69) is 20.9 Å². The molecule has 100 valence electrons. The molecule has 2 N–H and O–H groups in total. The van der Waals surface area contributed by atoms with Crippen molar-refractivity contribution in [2.45, 2.75) is 19.6 Å². The fraction of sp³-hybridized carbons (Fsp3) is 0.214. The van der Waals surface area contributed by atoms with Gasteiger partial charge in [-0.2, -0.15) is 0 Å². The summed E-state index contributed by atoms with van der Waals surface area (Å²) < 4.78 is 6.71. The van der Waals surface area contributed by atoms with Crippen molar-refractivity contribution < 1.29 is 4.74 Å². The number of hydrogen-bond donors (Lipinski definition) is 1. The van der Waals surface area contributed by atoms with Crippen LogP contribution < -0.4 is 10.5 Å². The van der Waals surface area contributed by atoms with Gasteiger partial charge in [-0.3, -0.25) is 4.98 Å². The van der Waals surface area contributed by atoms with Crippen molar-refractivity contribution in [2.75, 3.05) is 0 Å². The highest BCUT2D eigenvalue weighted by Crippen LogP contribution is 2.27. The van der Waals surface area contributed by atoms with Gasteiger partial charge in [-0.25, -0.2) is 0 Å². The summed E-state index contributed by atoms with van der Waals surface area (Å²) in [7, 11) is 0. The van der Waals surface area contributed by atoms with E-state index in [1.165, 1.54) is 0 Å². The largest absolute Gasteiger partial charge is 0.487 e. The maximum absolute atomic E-state index is 5.97. The van der Waals surface area contributed by atoms with E-state index in [9.17, 15) is 0 Å². The summed E-state index contributed by atoms with van der Waals surface area (Å²) in [6.07, 6.45) is 1.74. The first-order chi connectivity index (χ1) is 9.06. The van der Waals surface area contributed by atoms with Crippen LogP contribution in [0.3, 0.4) is 0 Å². The molecule has 3 nitrogen and oxygen atoms in total. The lowest BCUT2D eigenvalue weighted by Gasteiger charge is -2.14. The fourth-order valence-corrected chi connectivity index (χ4v) is 2.07. The van der Waals surface area contributed by atoms with Crippen molar-refractivity contribution in [3.05, 3.63) is 57.3 Å². The minimum Gasteiger partial charge on any atom is -0.487 e. The minimum atomic E-state index is -0.133. The van der Waals surface area contributed by atoms with Gasteiger partial charge in [0.1, 0.15) is 12.4 Å². The SMILES string of the molecule is C[C@@H](N)c1cc(Cl)ccc1OCc1ccc(Br)cn1. The van der Waals surface area contributed by atoms with Crippen LogP contribution in [0.4, 0.5) is 0 Å².